The van der Waals surface area contributed by atoms with Gasteiger partial charge in [-0.3, -0.25) is 4.79 Å². The molecule has 0 amide bonds. The van der Waals surface area contributed by atoms with Gasteiger partial charge in [-0.2, -0.15) is 11.8 Å². The molecule has 0 unspecified atom stereocenters. The van der Waals surface area contributed by atoms with Gasteiger partial charge in [-0.05, 0) is 5.25 Å². The van der Waals surface area contributed by atoms with E-state index < -0.39 is 0 Å². The van der Waals surface area contributed by atoms with Crippen LogP contribution in [-0.2, 0) is 42.7 Å². The first kappa shape index (κ1) is 34.7. The molecule has 10 heteroatoms. The molecule has 0 aromatic rings. The highest BCUT2D eigenvalue weighted by Gasteiger charge is 2.06. The summed E-state index contributed by atoms with van der Waals surface area (Å²) in [5.74, 6) is 1.32. The van der Waals surface area contributed by atoms with Crippen molar-refractivity contribution in [2.45, 2.75) is 39.4 Å². The summed E-state index contributed by atoms with van der Waals surface area (Å²) >= 11 is 1.90. The van der Waals surface area contributed by atoms with Crippen LogP contribution in [0, 0.1) is 5.92 Å². The number of thioether (sulfide) groups is 1. The summed E-state index contributed by atoms with van der Waals surface area (Å²) in [4.78, 5) is 11.4. The van der Waals surface area contributed by atoms with Gasteiger partial charge in [0.2, 0.25) is 0 Å². The second kappa shape index (κ2) is 28.3. The van der Waals surface area contributed by atoms with E-state index in [2.05, 4.69) is 13.8 Å². The Morgan fingerprint density at radius 1 is 0.486 bits per heavy atom. The van der Waals surface area contributed by atoms with Crippen LogP contribution < -0.4 is 0 Å². The fourth-order valence-electron chi connectivity index (χ4n) is 2.45. The second-order valence-electron chi connectivity index (χ2n) is 8.19. The van der Waals surface area contributed by atoms with Gasteiger partial charge >= 0.3 is 0 Å². The molecule has 210 valence electrons. The van der Waals surface area contributed by atoms with E-state index in [1.807, 2.05) is 25.6 Å². The van der Waals surface area contributed by atoms with Crippen molar-refractivity contribution in [1.29, 1.82) is 0 Å². The molecule has 0 bridgehead atoms. The average molecular weight is 527 g/mol. The minimum absolute atomic E-state index is 0.0684. The number of Topliss-reactive ketones (excluding diaryl/α,β-unsaturated/α-hetero) is 1. The lowest BCUT2D eigenvalue weighted by atomic mass is 10.1. The summed E-state index contributed by atoms with van der Waals surface area (Å²) in [7, 11) is 0. The maximum atomic E-state index is 11.4. The highest BCUT2D eigenvalue weighted by Crippen LogP contribution is 2.07. The van der Waals surface area contributed by atoms with Crippen LogP contribution >= 0.6 is 11.8 Å². The molecule has 0 heterocycles. The van der Waals surface area contributed by atoms with E-state index in [9.17, 15) is 4.79 Å². The van der Waals surface area contributed by atoms with Crippen molar-refractivity contribution in [3.63, 3.8) is 0 Å². The fourth-order valence-corrected chi connectivity index (χ4v) is 3.13. The van der Waals surface area contributed by atoms with E-state index in [1.54, 1.807) is 0 Å². The molecule has 0 aliphatic rings. The Morgan fingerprint density at radius 3 is 1.06 bits per heavy atom. The van der Waals surface area contributed by atoms with Crippen LogP contribution in [0.4, 0.5) is 0 Å². The van der Waals surface area contributed by atoms with E-state index >= 15 is 0 Å². The first-order valence-electron chi connectivity index (χ1n) is 12.8. The van der Waals surface area contributed by atoms with E-state index in [1.165, 1.54) is 0 Å². The summed E-state index contributed by atoms with van der Waals surface area (Å²) in [6.45, 7) is 16.9. The number of carbonyl (C=O) groups is 1. The van der Waals surface area contributed by atoms with Crippen molar-refractivity contribution in [2.75, 3.05) is 111 Å². The van der Waals surface area contributed by atoms with Crippen LogP contribution in [0.2, 0.25) is 0 Å². The summed E-state index contributed by atoms with van der Waals surface area (Å²) < 4.78 is 43.5. The molecule has 0 aliphatic heterocycles. The number of hydrogen-bond donors (Lipinski definition) is 0. The molecule has 35 heavy (non-hydrogen) atoms. The number of carbonyl (C=O) groups excluding carboxylic acids is 1. The van der Waals surface area contributed by atoms with Crippen LogP contribution in [0.25, 0.3) is 0 Å². The first-order chi connectivity index (χ1) is 17.0. The Morgan fingerprint density at radius 2 is 0.771 bits per heavy atom. The minimum Gasteiger partial charge on any atom is -0.379 e. The SMILES string of the molecule is CC(C)SCCOCCOCCOCCOCCOCCOCCOCCOCCC(=O)C(C)C. The Balaban J connectivity index is 3.06. The summed E-state index contributed by atoms with van der Waals surface area (Å²) in [5, 5.41) is 0.650. The number of ketones is 1. The van der Waals surface area contributed by atoms with Crippen LogP contribution in [0.5, 0.6) is 0 Å². The van der Waals surface area contributed by atoms with Crippen molar-refractivity contribution in [3.05, 3.63) is 0 Å². The Kier molecular flexibility index (Phi) is 28.0. The second-order valence-corrected chi connectivity index (χ2v) is 9.87. The number of ether oxygens (including phenoxy) is 8. The van der Waals surface area contributed by atoms with Gasteiger partial charge in [0.15, 0.2) is 0 Å². The van der Waals surface area contributed by atoms with Gasteiger partial charge in [0, 0.05) is 18.1 Å². The molecule has 0 spiro atoms. The van der Waals surface area contributed by atoms with Gasteiger partial charge in [-0.15, -0.1) is 0 Å². The molecule has 0 N–H and O–H groups in total. The fraction of sp³-hybridized carbons (Fsp3) is 0.960. The number of rotatable bonds is 29. The smallest absolute Gasteiger partial charge is 0.137 e. The van der Waals surface area contributed by atoms with Gasteiger partial charge in [0.1, 0.15) is 5.78 Å². The van der Waals surface area contributed by atoms with Crippen molar-refractivity contribution < 1.29 is 42.7 Å². The third-order valence-electron chi connectivity index (χ3n) is 4.42. The Labute approximate surface area is 217 Å². The van der Waals surface area contributed by atoms with Crippen LogP contribution in [-0.4, -0.2) is 122 Å². The van der Waals surface area contributed by atoms with Gasteiger partial charge in [0.25, 0.3) is 0 Å². The van der Waals surface area contributed by atoms with E-state index in [-0.39, 0.29) is 11.7 Å². The predicted molar refractivity (Wildman–Crippen MR) is 139 cm³/mol. The third-order valence-corrected chi connectivity index (χ3v) is 5.49. The minimum atomic E-state index is 0.0684. The van der Waals surface area contributed by atoms with Crippen molar-refractivity contribution in [3.8, 4) is 0 Å². The highest BCUT2D eigenvalue weighted by molar-refractivity contribution is 7.99. The maximum absolute atomic E-state index is 11.4. The van der Waals surface area contributed by atoms with Gasteiger partial charge < -0.3 is 37.9 Å². The first-order valence-corrected chi connectivity index (χ1v) is 13.8. The molecule has 0 aliphatic carbocycles. The summed E-state index contributed by atoms with van der Waals surface area (Å²) in [6, 6.07) is 0. The topological polar surface area (TPSA) is 90.9 Å². The monoisotopic (exact) mass is 526 g/mol. The number of hydrogen-bond acceptors (Lipinski definition) is 10. The van der Waals surface area contributed by atoms with Crippen molar-refractivity contribution in [1.82, 2.24) is 0 Å². The van der Waals surface area contributed by atoms with Crippen LogP contribution in [0.1, 0.15) is 34.1 Å². The largest absolute Gasteiger partial charge is 0.379 e. The zero-order valence-corrected chi connectivity index (χ0v) is 23.3. The molecule has 9 nitrogen and oxygen atoms in total. The molecule has 0 aromatic heterocycles. The average Bonchev–Trinajstić information content (AvgIpc) is 2.83. The van der Waals surface area contributed by atoms with Gasteiger partial charge in [-0.25, -0.2) is 0 Å². The molecule has 0 fully saturated rings. The van der Waals surface area contributed by atoms with Crippen LogP contribution in [0.3, 0.4) is 0 Å². The Hall–Kier alpha value is -0.300. The normalized spacial score (nSPS) is 11.7. The van der Waals surface area contributed by atoms with E-state index in [0.29, 0.717) is 111 Å². The molecular weight excluding hydrogens is 476 g/mol. The summed E-state index contributed by atoms with van der Waals surface area (Å²) in [5.41, 5.74) is 0. The quantitative estimate of drug-likeness (QED) is 0.136. The zero-order valence-electron chi connectivity index (χ0n) is 22.5. The standard InChI is InChI=1S/C25H50O9S/c1-23(2)25(26)5-6-27-7-8-28-9-10-29-11-12-30-13-14-31-15-16-32-17-18-33-19-20-34-21-22-35-24(3)4/h23-24H,5-22H2,1-4H3. The lowest BCUT2D eigenvalue weighted by molar-refractivity contribution is -0.123. The lowest BCUT2D eigenvalue weighted by Crippen LogP contribution is -2.15. The van der Waals surface area contributed by atoms with E-state index in [0.717, 1.165) is 12.4 Å². The zero-order chi connectivity index (χ0) is 25.8. The third kappa shape index (κ3) is 29.8. The van der Waals surface area contributed by atoms with E-state index in [4.69, 9.17) is 37.9 Å². The van der Waals surface area contributed by atoms with Crippen molar-refractivity contribution in [2.24, 2.45) is 5.92 Å². The molecule has 0 saturated heterocycles. The molecule has 0 atom stereocenters. The molecule has 0 aromatic carbocycles. The molecule has 0 rings (SSSR count). The van der Waals surface area contributed by atoms with Crippen molar-refractivity contribution >= 4 is 17.5 Å². The predicted octanol–water partition coefficient (Wildman–Crippen LogP) is 2.88. The van der Waals surface area contributed by atoms with Crippen LogP contribution in [0.15, 0.2) is 0 Å². The lowest BCUT2D eigenvalue weighted by Gasteiger charge is -2.09. The summed E-state index contributed by atoms with van der Waals surface area (Å²) in [6.07, 6.45) is 0.462. The highest BCUT2D eigenvalue weighted by atomic mass is 32.2. The maximum Gasteiger partial charge on any atom is 0.137 e. The molecule has 0 saturated carbocycles. The van der Waals surface area contributed by atoms with Gasteiger partial charge in [-0.1, -0.05) is 27.7 Å². The molecular formula is C25H50O9S. The van der Waals surface area contributed by atoms with Gasteiger partial charge in [0.05, 0.1) is 106 Å². The molecule has 0 radical (unpaired) electrons. The Bertz CT molecular complexity index is 439.